The molecule has 6 nitrogen and oxygen atoms in total. The molecule has 1 atom stereocenters. The average Bonchev–Trinajstić information content (AvgIpc) is 3.27. The molecule has 2 N–H and O–H groups in total. The molecule has 1 saturated carbocycles. The number of ether oxygens (including phenoxy) is 2. The first-order chi connectivity index (χ1) is 11.8. The lowest BCUT2D eigenvalue weighted by molar-refractivity contribution is 0.0689. The molecule has 1 unspecified atom stereocenters. The van der Waals surface area contributed by atoms with Gasteiger partial charge in [0.15, 0.2) is 5.96 Å². The predicted octanol–water partition coefficient (Wildman–Crippen LogP) is 2.23. The zero-order valence-electron chi connectivity index (χ0n) is 16.0. The Bertz CT molecular complexity index is 365. The first-order valence-corrected chi connectivity index (χ1v) is 9.61. The van der Waals surface area contributed by atoms with Crippen LogP contribution in [0.1, 0.15) is 44.9 Å². The Balaban J connectivity index is 0.00000312. The van der Waals surface area contributed by atoms with Crippen LogP contribution in [0.4, 0.5) is 0 Å². The third kappa shape index (κ3) is 8.88. The predicted molar refractivity (Wildman–Crippen MR) is 114 cm³/mol. The molecule has 2 rings (SSSR count). The van der Waals surface area contributed by atoms with Crippen molar-refractivity contribution in [2.45, 2.75) is 57.0 Å². The summed E-state index contributed by atoms with van der Waals surface area (Å²) in [6, 6.07) is 1.37. The van der Waals surface area contributed by atoms with Gasteiger partial charge in [0.1, 0.15) is 0 Å². The summed E-state index contributed by atoms with van der Waals surface area (Å²) in [7, 11) is 3.55. The number of hydrogen-bond acceptors (Lipinski definition) is 4. The Morgan fingerprint density at radius 2 is 1.92 bits per heavy atom. The molecule has 1 heterocycles. The van der Waals surface area contributed by atoms with Crippen LogP contribution < -0.4 is 10.6 Å². The van der Waals surface area contributed by atoms with E-state index in [4.69, 9.17) is 9.47 Å². The molecule has 1 aliphatic carbocycles. The number of rotatable bonds is 10. The summed E-state index contributed by atoms with van der Waals surface area (Å²) in [5, 5.41) is 7.01. The van der Waals surface area contributed by atoms with Gasteiger partial charge in [-0.1, -0.05) is 12.8 Å². The second-order valence-electron chi connectivity index (χ2n) is 6.87. The van der Waals surface area contributed by atoms with Crippen LogP contribution in [0.25, 0.3) is 0 Å². The maximum Gasteiger partial charge on any atom is 0.191 e. The quantitative estimate of drug-likeness (QED) is 0.223. The van der Waals surface area contributed by atoms with Gasteiger partial charge in [-0.2, -0.15) is 0 Å². The van der Waals surface area contributed by atoms with Crippen LogP contribution in [0.15, 0.2) is 4.99 Å². The van der Waals surface area contributed by atoms with E-state index in [0.29, 0.717) is 19.3 Å². The smallest absolute Gasteiger partial charge is 0.191 e. The van der Waals surface area contributed by atoms with Crippen molar-refractivity contribution in [3.8, 4) is 0 Å². The fourth-order valence-electron chi connectivity index (χ4n) is 3.67. The average molecular weight is 468 g/mol. The number of nitrogens with one attached hydrogen (secondary N) is 2. The Morgan fingerprint density at radius 3 is 2.64 bits per heavy atom. The van der Waals surface area contributed by atoms with Crippen LogP contribution in [0.3, 0.4) is 0 Å². The van der Waals surface area contributed by atoms with Crippen molar-refractivity contribution in [2.75, 3.05) is 53.6 Å². The van der Waals surface area contributed by atoms with E-state index in [2.05, 4.69) is 20.5 Å². The molecule has 0 aromatic rings. The number of methoxy groups -OCH3 is 1. The summed E-state index contributed by atoms with van der Waals surface area (Å²) >= 11 is 0. The standard InChI is InChI=1S/C18H36N4O2.HI/c1-19-18(20-10-5-6-12-24-14-13-23-2)21-16-9-11-22(15-16)17-7-3-4-8-17;/h16-17H,3-15H2,1-2H3,(H2,19,20,21);1H. The zero-order chi connectivity index (χ0) is 17.0. The van der Waals surface area contributed by atoms with Crippen LogP contribution in [0, 0.1) is 0 Å². The molecule has 0 aromatic heterocycles. The van der Waals surface area contributed by atoms with E-state index in [1.165, 1.54) is 45.2 Å². The molecule has 25 heavy (non-hydrogen) atoms. The highest BCUT2D eigenvalue weighted by Gasteiger charge is 2.30. The van der Waals surface area contributed by atoms with Crippen LogP contribution in [-0.2, 0) is 9.47 Å². The number of halogens is 1. The molecule has 0 aromatic carbocycles. The zero-order valence-corrected chi connectivity index (χ0v) is 18.3. The second kappa shape index (κ2) is 14.0. The Labute approximate surface area is 170 Å². The van der Waals surface area contributed by atoms with E-state index in [1.54, 1.807) is 7.11 Å². The van der Waals surface area contributed by atoms with Gasteiger partial charge in [-0.15, -0.1) is 24.0 Å². The third-order valence-electron chi connectivity index (χ3n) is 5.06. The van der Waals surface area contributed by atoms with Gasteiger partial charge in [-0.3, -0.25) is 9.89 Å². The summed E-state index contributed by atoms with van der Waals surface area (Å²) in [5.41, 5.74) is 0. The minimum Gasteiger partial charge on any atom is -0.382 e. The highest BCUT2D eigenvalue weighted by Crippen LogP contribution is 2.26. The molecule has 1 aliphatic heterocycles. The monoisotopic (exact) mass is 468 g/mol. The Hall–Kier alpha value is -0.120. The molecular formula is C18H37IN4O2. The van der Waals surface area contributed by atoms with Gasteiger partial charge in [0.05, 0.1) is 13.2 Å². The number of hydrogen-bond donors (Lipinski definition) is 2. The van der Waals surface area contributed by atoms with Crippen molar-refractivity contribution in [3.63, 3.8) is 0 Å². The van der Waals surface area contributed by atoms with Gasteiger partial charge in [0.2, 0.25) is 0 Å². The summed E-state index contributed by atoms with van der Waals surface area (Å²) in [6.45, 7) is 5.50. The number of nitrogens with zero attached hydrogens (tertiary/aromatic N) is 2. The highest BCUT2D eigenvalue weighted by molar-refractivity contribution is 14.0. The maximum atomic E-state index is 5.47. The summed E-state index contributed by atoms with van der Waals surface area (Å²) in [5.74, 6) is 0.938. The molecule has 0 bridgehead atoms. The number of guanidine groups is 1. The fourth-order valence-corrected chi connectivity index (χ4v) is 3.67. The molecule has 148 valence electrons. The van der Waals surface area contributed by atoms with Gasteiger partial charge in [-0.25, -0.2) is 0 Å². The SMILES string of the molecule is CN=C(NCCCCOCCOC)NC1CCN(C2CCCC2)C1.I. The topological polar surface area (TPSA) is 58.1 Å². The first-order valence-electron chi connectivity index (χ1n) is 9.61. The van der Waals surface area contributed by atoms with Gasteiger partial charge in [0.25, 0.3) is 0 Å². The second-order valence-corrected chi connectivity index (χ2v) is 6.87. The molecule has 0 radical (unpaired) electrons. The number of unbranched alkanes of at least 4 members (excludes halogenated alkanes) is 1. The number of likely N-dealkylation sites (tertiary alicyclic amines) is 1. The number of aliphatic imine (C=N–C) groups is 1. The van der Waals surface area contributed by atoms with Crippen LogP contribution in [0.2, 0.25) is 0 Å². The lowest BCUT2D eigenvalue weighted by Gasteiger charge is -2.24. The van der Waals surface area contributed by atoms with Crippen molar-refractivity contribution in [3.05, 3.63) is 0 Å². The van der Waals surface area contributed by atoms with Gasteiger partial charge in [0, 0.05) is 52.5 Å². The molecular weight excluding hydrogens is 431 g/mol. The first kappa shape index (κ1) is 22.9. The van der Waals surface area contributed by atoms with E-state index in [1.807, 2.05) is 7.05 Å². The lowest BCUT2D eigenvalue weighted by atomic mass is 10.2. The van der Waals surface area contributed by atoms with E-state index in [9.17, 15) is 0 Å². The minimum absolute atomic E-state index is 0. The largest absolute Gasteiger partial charge is 0.382 e. The fraction of sp³-hybridized carbons (Fsp3) is 0.944. The van der Waals surface area contributed by atoms with Crippen molar-refractivity contribution < 1.29 is 9.47 Å². The maximum absolute atomic E-state index is 5.47. The highest BCUT2D eigenvalue weighted by atomic mass is 127. The van der Waals surface area contributed by atoms with Crippen molar-refractivity contribution >= 4 is 29.9 Å². The van der Waals surface area contributed by atoms with Crippen molar-refractivity contribution in [1.29, 1.82) is 0 Å². The van der Waals surface area contributed by atoms with Crippen molar-refractivity contribution in [2.24, 2.45) is 4.99 Å². The van der Waals surface area contributed by atoms with Crippen LogP contribution >= 0.6 is 24.0 Å². The van der Waals surface area contributed by atoms with Crippen molar-refractivity contribution in [1.82, 2.24) is 15.5 Å². The minimum atomic E-state index is 0. The van der Waals surface area contributed by atoms with Gasteiger partial charge < -0.3 is 20.1 Å². The summed E-state index contributed by atoms with van der Waals surface area (Å²) < 4.78 is 10.4. The molecule has 7 heteroatoms. The molecule has 1 saturated heterocycles. The Morgan fingerprint density at radius 1 is 1.12 bits per heavy atom. The Kier molecular flexibility index (Phi) is 12.8. The van der Waals surface area contributed by atoms with Gasteiger partial charge >= 0.3 is 0 Å². The summed E-state index contributed by atoms with van der Waals surface area (Å²) in [4.78, 5) is 7.04. The third-order valence-corrected chi connectivity index (χ3v) is 5.06. The van der Waals surface area contributed by atoms with Crippen LogP contribution in [-0.4, -0.2) is 76.6 Å². The molecule has 2 aliphatic rings. The normalized spacial score (nSPS) is 22.2. The van der Waals surface area contributed by atoms with E-state index >= 15 is 0 Å². The molecule has 0 spiro atoms. The molecule has 0 amide bonds. The van der Waals surface area contributed by atoms with Gasteiger partial charge in [-0.05, 0) is 32.1 Å². The molecule has 2 fully saturated rings. The van der Waals surface area contributed by atoms with E-state index < -0.39 is 0 Å². The van der Waals surface area contributed by atoms with Crippen LogP contribution in [0.5, 0.6) is 0 Å². The lowest BCUT2D eigenvalue weighted by Crippen LogP contribution is -2.45. The van der Waals surface area contributed by atoms with E-state index in [0.717, 1.165) is 38.0 Å². The van der Waals surface area contributed by atoms with E-state index in [-0.39, 0.29) is 24.0 Å². The summed E-state index contributed by atoms with van der Waals surface area (Å²) in [6.07, 6.45) is 9.00.